The average molecular weight is 223 g/mol. The van der Waals surface area contributed by atoms with Crippen molar-refractivity contribution in [3.8, 4) is 0 Å². The Kier molecular flexibility index (Phi) is 4.17. The van der Waals surface area contributed by atoms with Gasteiger partial charge in [-0.15, -0.1) is 0 Å². The van der Waals surface area contributed by atoms with Crippen LogP contribution in [0.1, 0.15) is 30.1 Å². The molecule has 0 amide bonds. The van der Waals surface area contributed by atoms with E-state index in [0.29, 0.717) is 5.56 Å². The number of carbonyl (C=O) groups is 2. The minimum Gasteiger partial charge on any atom is -0.550 e. The molecule has 0 heterocycles. The van der Waals surface area contributed by atoms with Crippen LogP contribution in [-0.2, 0) is 4.79 Å². The van der Waals surface area contributed by atoms with Gasteiger partial charge in [-0.2, -0.15) is 0 Å². The first-order chi connectivity index (χ1) is 7.49. The van der Waals surface area contributed by atoms with E-state index in [1.54, 1.807) is 6.92 Å². The van der Waals surface area contributed by atoms with Crippen LogP contribution in [0.25, 0.3) is 0 Å². The molecule has 0 N–H and O–H groups in total. The number of benzene rings is 1. The number of carbonyl (C=O) groups excluding carboxylic acids is 2. The summed E-state index contributed by atoms with van der Waals surface area (Å²) >= 11 is 0. The van der Waals surface area contributed by atoms with Gasteiger partial charge in [0.1, 0.15) is 5.82 Å². The van der Waals surface area contributed by atoms with Crippen molar-refractivity contribution in [2.24, 2.45) is 5.92 Å². The fourth-order valence-electron chi connectivity index (χ4n) is 1.43. The summed E-state index contributed by atoms with van der Waals surface area (Å²) in [6.45, 7) is 1.66. The highest BCUT2D eigenvalue weighted by atomic mass is 19.1. The van der Waals surface area contributed by atoms with Crippen LogP contribution in [0.3, 0.4) is 0 Å². The van der Waals surface area contributed by atoms with Crippen molar-refractivity contribution in [1.82, 2.24) is 0 Å². The van der Waals surface area contributed by atoms with Gasteiger partial charge < -0.3 is 9.90 Å². The Morgan fingerprint density at radius 1 is 1.25 bits per heavy atom. The number of ketones is 1. The summed E-state index contributed by atoms with van der Waals surface area (Å²) in [5.74, 6) is -2.03. The molecule has 0 aliphatic rings. The van der Waals surface area contributed by atoms with Gasteiger partial charge in [0.25, 0.3) is 0 Å². The molecule has 0 radical (unpaired) electrons. The highest BCUT2D eigenvalue weighted by molar-refractivity contribution is 5.96. The van der Waals surface area contributed by atoms with E-state index in [1.807, 2.05) is 0 Å². The van der Waals surface area contributed by atoms with Crippen molar-refractivity contribution in [1.29, 1.82) is 0 Å². The van der Waals surface area contributed by atoms with Crippen LogP contribution in [0.2, 0.25) is 0 Å². The number of Topliss-reactive ketones (excluding diaryl/α,β-unsaturated/α-hetero) is 1. The fraction of sp³-hybridized carbons (Fsp3) is 0.333. The van der Waals surface area contributed by atoms with E-state index in [9.17, 15) is 19.1 Å². The largest absolute Gasteiger partial charge is 0.550 e. The van der Waals surface area contributed by atoms with Crippen molar-refractivity contribution >= 4 is 11.8 Å². The maximum absolute atomic E-state index is 12.6. The van der Waals surface area contributed by atoms with Crippen molar-refractivity contribution in [3.05, 3.63) is 35.6 Å². The van der Waals surface area contributed by atoms with Gasteiger partial charge in [-0.25, -0.2) is 4.39 Å². The summed E-state index contributed by atoms with van der Waals surface area (Å²) < 4.78 is 12.6. The number of hydrogen-bond donors (Lipinski definition) is 0. The third-order valence-electron chi connectivity index (χ3n) is 2.22. The van der Waals surface area contributed by atoms with E-state index in [2.05, 4.69) is 0 Å². The molecule has 0 fully saturated rings. The first-order valence-corrected chi connectivity index (χ1v) is 4.97. The highest BCUT2D eigenvalue weighted by Gasteiger charge is 2.11. The summed E-state index contributed by atoms with van der Waals surface area (Å²) in [6, 6.07) is 5.19. The summed E-state index contributed by atoms with van der Waals surface area (Å²) in [5.41, 5.74) is 0.395. The van der Waals surface area contributed by atoms with Crippen LogP contribution in [0.15, 0.2) is 24.3 Å². The second-order valence-corrected chi connectivity index (χ2v) is 3.82. The number of halogens is 1. The number of carboxylic acid groups (broad SMARTS) is 1. The summed E-state index contributed by atoms with van der Waals surface area (Å²) in [7, 11) is 0. The third kappa shape index (κ3) is 3.81. The number of carboxylic acids is 1. The lowest BCUT2D eigenvalue weighted by Crippen LogP contribution is -2.25. The van der Waals surface area contributed by atoms with Crippen LogP contribution >= 0.6 is 0 Å². The predicted octanol–water partition coefficient (Wildman–Crippen LogP) is 1.17. The summed E-state index contributed by atoms with van der Waals surface area (Å²) in [4.78, 5) is 21.9. The number of rotatable bonds is 5. The average Bonchev–Trinajstić information content (AvgIpc) is 2.16. The van der Waals surface area contributed by atoms with Gasteiger partial charge in [0.05, 0.1) is 0 Å². The van der Waals surface area contributed by atoms with Crippen LogP contribution in [0.5, 0.6) is 0 Å². The molecule has 0 aliphatic heterocycles. The van der Waals surface area contributed by atoms with Gasteiger partial charge in [0.2, 0.25) is 0 Å². The minimum absolute atomic E-state index is 0.125. The van der Waals surface area contributed by atoms with Crippen LogP contribution in [0, 0.1) is 11.7 Å². The zero-order chi connectivity index (χ0) is 12.1. The van der Waals surface area contributed by atoms with E-state index >= 15 is 0 Å². The molecule has 0 saturated carbocycles. The zero-order valence-corrected chi connectivity index (χ0v) is 8.90. The number of aliphatic carboxylic acids is 1. The molecular weight excluding hydrogens is 211 g/mol. The molecule has 0 saturated heterocycles. The van der Waals surface area contributed by atoms with E-state index in [-0.39, 0.29) is 24.5 Å². The lowest BCUT2D eigenvalue weighted by Gasteiger charge is -2.10. The zero-order valence-electron chi connectivity index (χ0n) is 8.90. The molecule has 16 heavy (non-hydrogen) atoms. The van der Waals surface area contributed by atoms with Gasteiger partial charge >= 0.3 is 0 Å². The first-order valence-electron chi connectivity index (χ1n) is 4.97. The lowest BCUT2D eigenvalue weighted by molar-refractivity contribution is -0.306. The van der Waals surface area contributed by atoms with Gasteiger partial charge in [0, 0.05) is 18.0 Å². The molecule has 1 aromatic carbocycles. The predicted molar refractivity (Wildman–Crippen MR) is 54.1 cm³/mol. The molecule has 0 unspecified atom stereocenters. The van der Waals surface area contributed by atoms with Crippen molar-refractivity contribution in [2.45, 2.75) is 19.8 Å². The Bertz CT molecular complexity index is 384. The van der Waals surface area contributed by atoms with E-state index in [4.69, 9.17) is 0 Å². The van der Waals surface area contributed by atoms with Gasteiger partial charge in [-0.1, -0.05) is 6.92 Å². The minimum atomic E-state index is -1.17. The maximum atomic E-state index is 12.6. The van der Waals surface area contributed by atoms with Crippen LogP contribution in [-0.4, -0.2) is 11.8 Å². The van der Waals surface area contributed by atoms with Crippen LogP contribution in [0.4, 0.5) is 4.39 Å². The Morgan fingerprint density at radius 3 is 2.31 bits per heavy atom. The van der Waals surface area contributed by atoms with Gasteiger partial charge in [-0.05, 0) is 36.6 Å². The standard InChI is InChI=1S/C12H13FO3/c1-8(7-12(15)16)6-11(14)9-2-4-10(13)5-3-9/h2-5,8H,6-7H2,1H3,(H,15,16)/p-1/t8-/m1/s1. The molecule has 1 rings (SSSR count). The SMILES string of the molecule is C[C@@H](CC(=O)[O-])CC(=O)c1ccc(F)cc1. The van der Waals surface area contributed by atoms with E-state index < -0.39 is 11.8 Å². The van der Waals surface area contributed by atoms with E-state index in [0.717, 1.165) is 0 Å². The second kappa shape index (κ2) is 5.39. The third-order valence-corrected chi connectivity index (χ3v) is 2.22. The maximum Gasteiger partial charge on any atom is 0.163 e. The van der Waals surface area contributed by atoms with Crippen molar-refractivity contribution in [2.75, 3.05) is 0 Å². The normalized spacial score (nSPS) is 12.1. The summed E-state index contributed by atoms with van der Waals surface area (Å²) in [6.07, 6.45) is -0.0213. The van der Waals surface area contributed by atoms with Gasteiger partial charge in [0.15, 0.2) is 5.78 Å². The molecule has 86 valence electrons. The Balaban J connectivity index is 2.58. The first kappa shape index (κ1) is 12.4. The fourth-order valence-corrected chi connectivity index (χ4v) is 1.43. The molecular formula is C12H12FO3-. The molecule has 0 spiro atoms. The van der Waals surface area contributed by atoms with Crippen molar-refractivity contribution in [3.63, 3.8) is 0 Å². The highest BCUT2D eigenvalue weighted by Crippen LogP contribution is 2.13. The lowest BCUT2D eigenvalue weighted by atomic mass is 9.97. The molecule has 0 bridgehead atoms. The van der Waals surface area contributed by atoms with Crippen molar-refractivity contribution < 1.29 is 19.1 Å². The molecule has 1 aromatic rings. The van der Waals surface area contributed by atoms with E-state index in [1.165, 1.54) is 24.3 Å². The summed E-state index contributed by atoms with van der Waals surface area (Å²) in [5, 5.41) is 10.3. The Morgan fingerprint density at radius 2 is 1.81 bits per heavy atom. The smallest absolute Gasteiger partial charge is 0.163 e. The quantitative estimate of drug-likeness (QED) is 0.704. The second-order valence-electron chi connectivity index (χ2n) is 3.82. The molecule has 1 atom stereocenters. The topological polar surface area (TPSA) is 57.2 Å². The van der Waals surface area contributed by atoms with Gasteiger partial charge in [-0.3, -0.25) is 4.79 Å². The monoisotopic (exact) mass is 223 g/mol. The van der Waals surface area contributed by atoms with Crippen LogP contribution < -0.4 is 5.11 Å². The molecule has 0 aliphatic carbocycles. The molecule has 0 aromatic heterocycles. The number of hydrogen-bond acceptors (Lipinski definition) is 3. The Labute approximate surface area is 92.9 Å². The Hall–Kier alpha value is -1.71. The molecule has 4 heteroatoms. The molecule has 3 nitrogen and oxygen atoms in total.